The predicted octanol–water partition coefficient (Wildman–Crippen LogP) is 3.47. The first-order valence-electron chi connectivity index (χ1n) is 5.27. The average molecular weight is 279 g/mol. The summed E-state index contributed by atoms with van der Waals surface area (Å²) in [6.07, 6.45) is 1.62. The molecule has 2 N–H and O–H groups in total. The molecular formula is C13H11ClN2OS. The smallest absolute Gasteiger partial charge is 0.156 e. The zero-order valence-corrected chi connectivity index (χ0v) is 11.3. The van der Waals surface area contributed by atoms with Crippen molar-refractivity contribution in [3.05, 3.63) is 52.8 Å². The quantitative estimate of drug-likeness (QED) is 0.874. The van der Waals surface area contributed by atoms with Gasteiger partial charge in [-0.3, -0.25) is 0 Å². The lowest BCUT2D eigenvalue weighted by molar-refractivity contribution is 0.479. The maximum Gasteiger partial charge on any atom is 0.156 e. The molecule has 1 aromatic heterocycles. The van der Waals surface area contributed by atoms with Crippen molar-refractivity contribution in [3.63, 3.8) is 0 Å². The summed E-state index contributed by atoms with van der Waals surface area (Å²) >= 11 is 10.9. The van der Waals surface area contributed by atoms with Gasteiger partial charge in [-0.2, -0.15) is 0 Å². The molecule has 18 heavy (non-hydrogen) atoms. The lowest BCUT2D eigenvalue weighted by Gasteiger charge is -2.10. The van der Waals surface area contributed by atoms with E-state index in [2.05, 4.69) is 4.98 Å². The molecule has 92 valence electrons. The first-order valence-corrected chi connectivity index (χ1v) is 6.05. The maximum atomic E-state index is 5.96. The lowest BCUT2D eigenvalue weighted by atomic mass is 10.2. The minimum absolute atomic E-state index is 0.205. The normalized spacial score (nSPS) is 10.1. The zero-order chi connectivity index (χ0) is 13.1. The van der Waals surface area contributed by atoms with E-state index < -0.39 is 0 Å². The molecule has 0 unspecified atom stereocenters. The van der Waals surface area contributed by atoms with Crippen LogP contribution in [0.25, 0.3) is 0 Å². The number of rotatable bonds is 3. The average Bonchev–Trinajstić information content (AvgIpc) is 2.34. The molecule has 0 atom stereocenters. The summed E-state index contributed by atoms with van der Waals surface area (Å²) < 4.78 is 5.72. The molecule has 0 aliphatic carbocycles. The fraction of sp³-hybridized carbons (Fsp3) is 0.0769. The number of benzene rings is 1. The van der Waals surface area contributed by atoms with Gasteiger partial charge in [-0.25, -0.2) is 4.98 Å². The number of thiocarbonyl (C=S) groups is 1. The monoisotopic (exact) mass is 278 g/mol. The number of hydrogen-bond donors (Lipinski definition) is 1. The molecular weight excluding hydrogens is 268 g/mol. The molecule has 0 saturated carbocycles. The van der Waals surface area contributed by atoms with E-state index in [0.717, 1.165) is 5.56 Å². The second-order valence-corrected chi connectivity index (χ2v) is 4.57. The molecule has 0 aliphatic rings. The number of halogens is 1. The number of nitrogens with two attached hydrogens (primary N) is 1. The minimum atomic E-state index is 0.205. The predicted molar refractivity (Wildman–Crippen MR) is 76.4 cm³/mol. The van der Waals surface area contributed by atoms with Crippen LogP contribution >= 0.6 is 23.8 Å². The van der Waals surface area contributed by atoms with E-state index in [-0.39, 0.29) is 4.99 Å². The SMILES string of the molecule is Cc1cc(Oc2cccnc2C(N)=S)ccc1Cl. The third-order valence-corrected chi connectivity index (χ3v) is 2.98. The van der Waals surface area contributed by atoms with Crippen LogP contribution in [0.1, 0.15) is 11.3 Å². The Hall–Kier alpha value is -1.65. The summed E-state index contributed by atoms with van der Waals surface area (Å²) in [5.41, 5.74) is 7.00. The van der Waals surface area contributed by atoms with E-state index in [1.807, 2.05) is 13.0 Å². The highest BCUT2D eigenvalue weighted by Crippen LogP contribution is 2.27. The second-order valence-electron chi connectivity index (χ2n) is 3.73. The summed E-state index contributed by atoms with van der Waals surface area (Å²) in [6, 6.07) is 8.94. The number of hydrogen-bond acceptors (Lipinski definition) is 3. The molecule has 3 nitrogen and oxygen atoms in total. The van der Waals surface area contributed by atoms with Crippen molar-refractivity contribution in [2.24, 2.45) is 5.73 Å². The molecule has 0 radical (unpaired) electrons. The van der Waals surface area contributed by atoms with Crippen LogP contribution in [0, 0.1) is 6.92 Å². The molecule has 0 aliphatic heterocycles. The summed E-state index contributed by atoms with van der Waals surface area (Å²) in [6.45, 7) is 1.91. The molecule has 0 saturated heterocycles. The molecule has 2 aromatic rings. The van der Waals surface area contributed by atoms with Gasteiger partial charge in [-0.15, -0.1) is 0 Å². The Morgan fingerprint density at radius 2 is 2.17 bits per heavy atom. The molecule has 0 fully saturated rings. The molecule has 0 amide bonds. The first-order chi connectivity index (χ1) is 8.58. The van der Waals surface area contributed by atoms with Gasteiger partial charge in [0.05, 0.1) is 0 Å². The van der Waals surface area contributed by atoms with E-state index in [9.17, 15) is 0 Å². The van der Waals surface area contributed by atoms with Crippen LogP contribution in [0.2, 0.25) is 5.02 Å². The summed E-state index contributed by atoms with van der Waals surface area (Å²) in [4.78, 5) is 4.30. The van der Waals surface area contributed by atoms with Gasteiger partial charge in [0, 0.05) is 11.2 Å². The van der Waals surface area contributed by atoms with Crippen molar-refractivity contribution in [2.45, 2.75) is 6.92 Å². The molecule has 2 rings (SSSR count). The van der Waals surface area contributed by atoms with Crippen molar-refractivity contribution >= 4 is 28.8 Å². The topological polar surface area (TPSA) is 48.1 Å². The van der Waals surface area contributed by atoms with Crippen LogP contribution in [0.4, 0.5) is 0 Å². The first kappa shape index (κ1) is 12.8. The largest absolute Gasteiger partial charge is 0.455 e. The number of ether oxygens (including phenoxy) is 1. The van der Waals surface area contributed by atoms with E-state index >= 15 is 0 Å². The maximum absolute atomic E-state index is 5.96. The van der Waals surface area contributed by atoms with Crippen LogP contribution < -0.4 is 10.5 Å². The highest BCUT2D eigenvalue weighted by Gasteiger charge is 2.08. The van der Waals surface area contributed by atoms with Crippen molar-refractivity contribution < 1.29 is 4.74 Å². The number of pyridine rings is 1. The summed E-state index contributed by atoms with van der Waals surface area (Å²) in [7, 11) is 0. The van der Waals surface area contributed by atoms with Gasteiger partial charge in [0.15, 0.2) is 5.75 Å². The number of aryl methyl sites for hydroxylation is 1. The summed E-state index contributed by atoms with van der Waals surface area (Å²) in [5, 5.41) is 0.697. The van der Waals surface area contributed by atoms with E-state index in [0.29, 0.717) is 22.2 Å². The Morgan fingerprint density at radius 3 is 2.83 bits per heavy atom. The molecule has 5 heteroatoms. The number of aromatic nitrogens is 1. The fourth-order valence-corrected chi connectivity index (χ4v) is 1.74. The minimum Gasteiger partial charge on any atom is -0.455 e. The second kappa shape index (κ2) is 5.33. The zero-order valence-electron chi connectivity index (χ0n) is 9.68. The Bertz CT molecular complexity index is 601. The van der Waals surface area contributed by atoms with Gasteiger partial charge in [0.1, 0.15) is 16.4 Å². The fourth-order valence-electron chi connectivity index (χ4n) is 1.47. The molecule has 1 aromatic carbocycles. The van der Waals surface area contributed by atoms with Gasteiger partial charge < -0.3 is 10.5 Å². The Kier molecular flexibility index (Phi) is 3.79. The van der Waals surface area contributed by atoms with Crippen LogP contribution in [0.3, 0.4) is 0 Å². The third-order valence-electron chi connectivity index (χ3n) is 2.36. The molecule has 0 spiro atoms. The van der Waals surface area contributed by atoms with Crippen LogP contribution in [0.15, 0.2) is 36.5 Å². The standard InChI is InChI=1S/C13H11ClN2OS/c1-8-7-9(4-5-10(8)14)17-11-3-2-6-16-12(11)13(15)18/h2-7H,1H3,(H2,15,18). The van der Waals surface area contributed by atoms with Gasteiger partial charge in [0.2, 0.25) is 0 Å². The van der Waals surface area contributed by atoms with Crippen LogP contribution in [-0.2, 0) is 0 Å². The van der Waals surface area contributed by atoms with Gasteiger partial charge in [-0.1, -0.05) is 23.8 Å². The summed E-state index contributed by atoms with van der Waals surface area (Å²) in [5.74, 6) is 1.20. The van der Waals surface area contributed by atoms with Gasteiger partial charge in [0.25, 0.3) is 0 Å². The van der Waals surface area contributed by atoms with Crippen molar-refractivity contribution in [1.29, 1.82) is 0 Å². The van der Waals surface area contributed by atoms with Crippen LogP contribution in [-0.4, -0.2) is 9.97 Å². The van der Waals surface area contributed by atoms with Gasteiger partial charge in [-0.05, 0) is 42.8 Å². The molecule has 0 bridgehead atoms. The number of nitrogens with zero attached hydrogens (tertiary/aromatic N) is 1. The van der Waals surface area contributed by atoms with Crippen molar-refractivity contribution in [3.8, 4) is 11.5 Å². The highest BCUT2D eigenvalue weighted by atomic mass is 35.5. The van der Waals surface area contributed by atoms with Crippen molar-refractivity contribution in [2.75, 3.05) is 0 Å². The lowest BCUT2D eigenvalue weighted by Crippen LogP contribution is -2.12. The van der Waals surface area contributed by atoms with Gasteiger partial charge >= 0.3 is 0 Å². The highest BCUT2D eigenvalue weighted by molar-refractivity contribution is 7.80. The molecule has 1 heterocycles. The van der Waals surface area contributed by atoms with E-state index in [1.54, 1.807) is 30.5 Å². The Labute approximate surface area is 116 Å². The van der Waals surface area contributed by atoms with Crippen LogP contribution in [0.5, 0.6) is 11.5 Å². The van der Waals surface area contributed by atoms with E-state index in [4.69, 9.17) is 34.3 Å². The Balaban J connectivity index is 2.34. The Morgan fingerprint density at radius 1 is 1.39 bits per heavy atom. The van der Waals surface area contributed by atoms with Crippen molar-refractivity contribution in [1.82, 2.24) is 4.98 Å². The van der Waals surface area contributed by atoms with E-state index in [1.165, 1.54) is 0 Å². The third kappa shape index (κ3) is 2.78.